The third-order valence-corrected chi connectivity index (χ3v) is 4.90. The third-order valence-electron chi connectivity index (χ3n) is 4.90. The topological polar surface area (TPSA) is 78.6 Å². The highest BCUT2D eigenvalue weighted by atomic mass is 16.3. The predicted octanol–water partition coefficient (Wildman–Crippen LogP) is 2.23. The summed E-state index contributed by atoms with van der Waals surface area (Å²) in [4.78, 5) is 18.4. The first-order chi connectivity index (χ1) is 12.7. The summed E-state index contributed by atoms with van der Waals surface area (Å²) in [5.41, 5.74) is 3.23. The van der Waals surface area contributed by atoms with E-state index in [0.717, 1.165) is 36.3 Å². The molecule has 3 aromatic heterocycles. The molecule has 1 aliphatic heterocycles. The molecule has 1 atom stereocenters. The van der Waals surface area contributed by atoms with Gasteiger partial charge in [-0.25, -0.2) is 9.50 Å². The van der Waals surface area contributed by atoms with Crippen molar-refractivity contribution in [2.24, 2.45) is 0 Å². The number of imidazole rings is 1. The lowest BCUT2D eigenvalue weighted by atomic mass is 10.1. The molecule has 1 saturated heterocycles. The van der Waals surface area contributed by atoms with Gasteiger partial charge in [-0.15, -0.1) is 0 Å². The monoisotopic (exact) mass is 349 g/mol. The molecule has 132 valence electrons. The quantitative estimate of drug-likeness (QED) is 0.580. The molecule has 7 heteroatoms. The fraction of sp³-hybridized carbons (Fsp3) is 0.263. The summed E-state index contributed by atoms with van der Waals surface area (Å²) in [6.07, 6.45) is 1.72. The molecule has 0 aliphatic carbocycles. The van der Waals surface area contributed by atoms with E-state index in [2.05, 4.69) is 33.3 Å². The zero-order valence-corrected chi connectivity index (χ0v) is 14.4. The van der Waals surface area contributed by atoms with Crippen molar-refractivity contribution in [1.82, 2.24) is 19.9 Å². The number of nitrogens with one attached hydrogen (secondary N) is 2. The lowest BCUT2D eigenvalue weighted by Gasteiger charge is -2.33. The Labute approximate surface area is 149 Å². The van der Waals surface area contributed by atoms with E-state index < -0.39 is 0 Å². The summed E-state index contributed by atoms with van der Waals surface area (Å²) < 4.78 is 7.75. The van der Waals surface area contributed by atoms with Crippen LogP contribution in [0.3, 0.4) is 0 Å². The van der Waals surface area contributed by atoms with Gasteiger partial charge in [-0.2, -0.15) is 0 Å². The fourth-order valence-corrected chi connectivity index (χ4v) is 3.67. The highest BCUT2D eigenvalue weighted by Gasteiger charge is 2.20. The molecule has 0 unspecified atom stereocenters. The number of anilines is 1. The Morgan fingerprint density at radius 3 is 3.08 bits per heavy atom. The van der Waals surface area contributed by atoms with Crippen molar-refractivity contribution in [2.45, 2.75) is 13.0 Å². The largest absolute Gasteiger partial charge is 0.454 e. The van der Waals surface area contributed by atoms with Crippen molar-refractivity contribution in [3.05, 3.63) is 52.9 Å². The molecular weight excluding hydrogens is 330 g/mol. The van der Waals surface area contributed by atoms with Crippen molar-refractivity contribution in [1.29, 1.82) is 0 Å². The lowest BCUT2D eigenvalue weighted by molar-refractivity contribution is 0.485. The van der Waals surface area contributed by atoms with E-state index >= 15 is 0 Å². The van der Waals surface area contributed by atoms with Crippen LogP contribution in [0.5, 0.6) is 0 Å². The van der Waals surface area contributed by atoms with Gasteiger partial charge in [0.05, 0.1) is 6.20 Å². The molecular formula is C19H19N5O2. The van der Waals surface area contributed by atoms with Crippen LogP contribution in [0.15, 0.2) is 51.8 Å². The maximum absolute atomic E-state index is 11.7. The van der Waals surface area contributed by atoms with Crippen LogP contribution in [0.25, 0.3) is 28.1 Å². The van der Waals surface area contributed by atoms with E-state index in [9.17, 15) is 4.79 Å². The fourth-order valence-electron chi connectivity index (χ4n) is 3.67. The van der Waals surface area contributed by atoms with Crippen molar-refractivity contribution >= 4 is 22.3 Å². The van der Waals surface area contributed by atoms with E-state index in [1.165, 1.54) is 11.8 Å². The van der Waals surface area contributed by atoms with Crippen LogP contribution < -0.4 is 15.8 Å². The van der Waals surface area contributed by atoms with Crippen molar-refractivity contribution < 1.29 is 4.42 Å². The molecule has 0 saturated carbocycles. The number of benzene rings is 1. The maximum Gasteiger partial charge on any atom is 0.263 e. The van der Waals surface area contributed by atoms with E-state index in [1.807, 2.05) is 18.2 Å². The maximum atomic E-state index is 11.7. The number of furan rings is 1. The average Bonchev–Trinajstić information content (AvgIpc) is 3.24. The molecule has 7 nitrogen and oxygen atoms in total. The van der Waals surface area contributed by atoms with Gasteiger partial charge >= 0.3 is 0 Å². The molecule has 1 aromatic carbocycles. The number of piperazine rings is 1. The van der Waals surface area contributed by atoms with Crippen LogP contribution in [0.4, 0.5) is 5.69 Å². The Kier molecular flexibility index (Phi) is 3.36. The van der Waals surface area contributed by atoms with Gasteiger partial charge in [0.2, 0.25) is 0 Å². The van der Waals surface area contributed by atoms with Gasteiger partial charge in [0, 0.05) is 42.8 Å². The van der Waals surface area contributed by atoms with Gasteiger partial charge in [-0.05, 0) is 31.2 Å². The minimum Gasteiger partial charge on any atom is -0.454 e. The first-order valence-corrected chi connectivity index (χ1v) is 8.77. The Balaban J connectivity index is 1.65. The van der Waals surface area contributed by atoms with Crippen LogP contribution >= 0.6 is 0 Å². The van der Waals surface area contributed by atoms with Gasteiger partial charge in [0.1, 0.15) is 11.3 Å². The number of nitrogens with zero attached hydrogens (tertiary/aromatic N) is 3. The average molecular weight is 349 g/mol. The second kappa shape index (κ2) is 5.74. The molecule has 0 amide bonds. The Bertz CT molecular complexity index is 1160. The molecule has 5 rings (SSSR count). The van der Waals surface area contributed by atoms with Crippen molar-refractivity contribution in [3.8, 4) is 11.5 Å². The third kappa shape index (κ3) is 2.40. The molecule has 4 aromatic rings. The summed E-state index contributed by atoms with van der Waals surface area (Å²) in [6.45, 7) is 5.09. The minimum absolute atomic E-state index is 0.177. The minimum atomic E-state index is -0.177. The van der Waals surface area contributed by atoms with Crippen LogP contribution in [0.2, 0.25) is 0 Å². The number of fused-ring (bicyclic) bond motifs is 2. The Hall–Kier alpha value is -3.06. The van der Waals surface area contributed by atoms with Crippen LogP contribution in [0.1, 0.15) is 6.92 Å². The number of hydrogen-bond donors (Lipinski definition) is 2. The highest BCUT2D eigenvalue weighted by Crippen LogP contribution is 2.34. The van der Waals surface area contributed by atoms with E-state index in [-0.39, 0.29) is 5.56 Å². The van der Waals surface area contributed by atoms with Gasteiger partial charge in [0.25, 0.3) is 5.56 Å². The summed E-state index contributed by atoms with van der Waals surface area (Å²) in [5, 5.41) is 7.33. The van der Waals surface area contributed by atoms with Crippen LogP contribution in [-0.4, -0.2) is 40.3 Å². The smallest absolute Gasteiger partial charge is 0.263 e. The number of hydrogen-bond acceptors (Lipinski definition) is 5. The summed E-state index contributed by atoms with van der Waals surface area (Å²) in [7, 11) is 0. The molecule has 0 bridgehead atoms. The SMILES string of the molecule is C[C@@H]1CN(c2cccc3oc(-c4cnc5ccc(=O)[nH]n45)cc23)CCN1. The lowest BCUT2D eigenvalue weighted by Crippen LogP contribution is -2.49. The molecule has 1 fully saturated rings. The second-order valence-corrected chi connectivity index (χ2v) is 6.75. The summed E-state index contributed by atoms with van der Waals surface area (Å²) in [6, 6.07) is 11.8. The van der Waals surface area contributed by atoms with E-state index in [4.69, 9.17) is 4.42 Å². The predicted molar refractivity (Wildman–Crippen MR) is 101 cm³/mol. The van der Waals surface area contributed by atoms with Gasteiger partial charge in [-0.3, -0.25) is 9.89 Å². The highest BCUT2D eigenvalue weighted by molar-refractivity contribution is 5.94. The normalized spacial score (nSPS) is 18.0. The Morgan fingerprint density at radius 1 is 1.27 bits per heavy atom. The van der Waals surface area contributed by atoms with Crippen LogP contribution in [0, 0.1) is 0 Å². The molecule has 0 spiro atoms. The van der Waals surface area contributed by atoms with Gasteiger partial charge < -0.3 is 14.6 Å². The molecule has 2 N–H and O–H groups in total. The zero-order valence-electron chi connectivity index (χ0n) is 14.4. The standard InChI is InChI=1S/C19H19N5O2/c1-12-11-23(8-7-20-12)14-3-2-4-16-13(14)9-17(26-16)15-10-21-18-5-6-19(25)22-24(15)18/h2-6,9-10,12,20H,7-8,11H2,1H3,(H,22,25)/t12-/m1/s1. The number of rotatable bonds is 2. The molecule has 1 aliphatic rings. The molecule has 0 radical (unpaired) electrons. The zero-order chi connectivity index (χ0) is 17.7. The van der Waals surface area contributed by atoms with Gasteiger partial charge in [0.15, 0.2) is 11.4 Å². The van der Waals surface area contributed by atoms with E-state index in [1.54, 1.807) is 16.8 Å². The summed E-state index contributed by atoms with van der Waals surface area (Å²) >= 11 is 0. The second-order valence-electron chi connectivity index (χ2n) is 6.75. The molecule has 26 heavy (non-hydrogen) atoms. The number of aromatic nitrogens is 3. The first kappa shape index (κ1) is 15.2. The number of H-pyrrole nitrogens is 1. The first-order valence-electron chi connectivity index (χ1n) is 8.77. The van der Waals surface area contributed by atoms with Crippen LogP contribution in [-0.2, 0) is 0 Å². The van der Waals surface area contributed by atoms with E-state index in [0.29, 0.717) is 17.4 Å². The number of aromatic amines is 1. The summed E-state index contributed by atoms with van der Waals surface area (Å²) in [5.74, 6) is 0.685. The Morgan fingerprint density at radius 2 is 2.19 bits per heavy atom. The van der Waals surface area contributed by atoms with Crippen molar-refractivity contribution in [2.75, 3.05) is 24.5 Å². The van der Waals surface area contributed by atoms with Gasteiger partial charge in [-0.1, -0.05) is 6.07 Å². The molecule has 4 heterocycles. The van der Waals surface area contributed by atoms with Crippen molar-refractivity contribution in [3.63, 3.8) is 0 Å².